The van der Waals surface area contributed by atoms with Crippen LogP contribution in [0.5, 0.6) is 0 Å². The highest BCUT2D eigenvalue weighted by atomic mass is 16.5. The van der Waals surface area contributed by atoms with E-state index in [1.165, 1.54) is 19.3 Å². The van der Waals surface area contributed by atoms with Gasteiger partial charge >= 0.3 is 0 Å². The molecule has 1 saturated carbocycles. The van der Waals surface area contributed by atoms with Gasteiger partial charge in [0.05, 0.1) is 19.3 Å². The molecule has 3 atom stereocenters. The number of carbonyl (C=O) groups is 1. The van der Waals surface area contributed by atoms with Gasteiger partial charge in [0.2, 0.25) is 5.91 Å². The van der Waals surface area contributed by atoms with Crippen molar-refractivity contribution in [2.24, 2.45) is 5.92 Å². The minimum absolute atomic E-state index is 0.0417. The molecule has 0 bridgehead atoms. The van der Waals surface area contributed by atoms with Gasteiger partial charge in [-0.25, -0.2) is 0 Å². The van der Waals surface area contributed by atoms with Crippen LogP contribution in [0.15, 0.2) is 0 Å². The summed E-state index contributed by atoms with van der Waals surface area (Å²) < 4.78 is 5.26. The zero-order valence-electron chi connectivity index (χ0n) is 10.9. The maximum absolute atomic E-state index is 12.1. The van der Waals surface area contributed by atoms with E-state index in [9.17, 15) is 4.79 Å². The molecule has 2 fully saturated rings. The van der Waals surface area contributed by atoms with E-state index < -0.39 is 0 Å². The van der Waals surface area contributed by atoms with Gasteiger partial charge in [0.1, 0.15) is 0 Å². The Bertz CT molecular complexity index is 264. The number of hydrogen-bond donors (Lipinski definition) is 1. The first-order valence-electron chi connectivity index (χ1n) is 6.85. The van der Waals surface area contributed by atoms with Crippen LogP contribution in [0.1, 0.15) is 33.1 Å². The number of morpholine rings is 1. The van der Waals surface area contributed by atoms with Crippen LogP contribution in [0, 0.1) is 5.92 Å². The van der Waals surface area contributed by atoms with Gasteiger partial charge < -0.3 is 15.0 Å². The first-order valence-corrected chi connectivity index (χ1v) is 6.85. The number of ether oxygens (including phenoxy) is 1. The van der Waals surface area contributed by atoms with Gasteiger partial charge in [-0.2, -0.15) is 0 Å². The molecule has 4 nitrogen and oxygen atoms in total. The quantitative estimate of drug-likeness (QED) is 0.780. The van der Waals surface area contributed by atoms with Crippen molar-refractivity contribution in [2.45, 2.75) is 45.2 Å². The third-order valence-electron chi connectivity index (χ3n) is 3.74. The summed E-state index contributed by atoms with van der Waals surface area (Å²) in [5, 5.41) is 3.45. The lowest BCUT2D eigenvalue weighted by Crippen LogP contribution is -2.49. The highest BCUT2D eigenvalue weighted by Crippen LogP contribution is 2.34. The van der Waals surface area contributed by atoms with Crippen molar-refractivity contribution < 1.29 is 9.53 Å². The molecule has 1 aliphatic carbocycles. The van der Waals surface area contributed by atoms with Crippen molar-refractivity contribution in [3.8, 4) is 0 Å². The summed E-state index contributed by atoms with van der Waals surface area (Å²) in [7, 11) is 0. The molecule has 2 aliphatic rings. The van der Waals surface area contributed by atoms with Gasteiger partial charge in [-0.3, -0.25) is 4.79 Å². The molecule has 1 saturated heterocycles. The summed E-state index contributed by atoms with van der Waals surface area (Å²) in [5.41, 5.74) is 0. The Kier molecular flexibility index (Phi) is 4.40. The molecule has 17 heavy (non-hydrogen) atoms. The summed E-state index contributed by atoms with van der Waals surface area (Å²) in [5.74, 6) is 1.04. The lowest BCUT2D eigenvalue weighted by Gasteiger charge is -2.29. The van der Waals surface area contributed by atoms with Gasteiger partial charge in [-0.1, -0.05) is 13.3 Å². The number of rotatable bonds is 5. The molecular weight excluding hydrogens is 216 g/mol. The van der Waals surface area contributed by atoms with Gasteiger partial charge in [0.25, 0.3) is 0 Å². The predicted octanol–water partition coefficient (Wildman–Crippen LogP) is 1.01. The third-order valence-corrected chi connectivity index (χ3v) is 3.74. The molecule has 0 aromatic rings. The topological polar surface area (TPSA) is 41.6 Å². The first-order chi connectivity index (χ1) is 8.22. The second-order valence-electron chi connectivity index (χ2n) is 5.22. The molecule has 0 radical (unpaired) electrons. The highest BCUT2D eigenvalue weighted by Gasteiger charge is 2.38. The van der Waals surface area contributed by atoms with E-state index in [1.54, 1.807) is 0 Å². The third kappa shape index (κ3) is 3.42. The summed E-state index contributed by atoms with van der Waals surface area (Å²) in [6, 6.07) is 0.537. The zero-order chi connectivity index (χ0) is 12.3. The van der Waals surface area contributed by atoms with Crippen molar-refractivity contribution in [3.05, 3.63) is 0 Å². The lowest BCUT2D eigenvalue weighted by atomic mass is 10.2. The maximum Gasteiger partial charge on any atom is 0.239 e. The van der Waals surface area contributed by atoms with Crippen LogP contribution in [0.3, 0.4) is 0 Å². The Hall–Kier alpha value is -0.610. The maximum atomic E-state index is 12.1. The van der Waals surface area contributed by atoms with Crippen LogP contribution in [-0.2, 0) is 9.53 Å². The molecule has 0 aromatic heterocycles. The summed E-state index contributed by atoms with van der Waals surface area (Å²) in [6.45, 7) is 7.05. The fraction of sp³-hybridized carbons (Fsp3) is 0.923. The van der Waals surface area contributed by atoms with E-state index in [1.807, 2.05) is 11.8 Å². The molecule has 1 heterocycles. The number of nitrogens with zero attached hydrogens (tertiary/aromatic N) is 1. The molecule has 0 aromatic carbocycles. The largest absolute Gasteiger partial charge is 0.378 e. The van der Waals surface area contributed by atoms with Gasteiger partial charge in [0.15, 0.2) is 0 Å². The number of amides is 1. The van der Waals surface area contributed by atoms with Crippen LogP contribution in [0.4, 0.5) is 0 Å². The first kappa shape index (κ1) is 12.8. The zero-order valence-corrected chi connectivity index (χ0v) is 10.9. The Balaban J connectivity index is 1.72. The van der Waals surface area contributed by atoms with Crippen LogP contribution in [-0.4, -0.2) is 49.2 Å². The Morgan fingerprint density at radius 2 is 2.18 bits per heavy atom. The Morgan fingerprint density at radius 3 is 2.82 bits per heavy atom. The molecular formula is C13H24N2O2. The molecule has 3 unspecified atom stereocenters. The van der Waals surface area contributed by atoms with Crippen LogP contribution < -0.4 is 5.32 Å². The normalized spacial score (nSPS) is 30.1. The van der Waals surface area contributed by atoms with Crippen molar-refractivity contribution in [2.75, 3.05) is 26.3 Å². The van der Waals surface area contributed by atoms with Crippen molar-refractivity contribution >= 4 is 5.91 Å². The van der Waals surface area contributed by atoms with E-state index in [0.29, 0.717) is 19.3 Å². The van der Waals surface area contributed by atoms with Crippen molar-refractivity contribution in [3.63, 3.8) is 0 Å². The van der Waals surface area contributed by atoms with Crippen molar-refractivity contribution in [1.29, 1.82) is 0 Å². The standard InChI is InChI=1S/C13H24N2O2/c1-3-4-11-9-12(11)14-10(2)13(16)15-5-7-17-8-6-15/h10-12,14H,3-9H2,1-2H3. The van der Waals surface area contributed by atoms with E-state index in [0.717, 1.165) is 19.0 Å². The monoisotopic (exact) mass is 240 g/mol. The summed E-state index contributed by atoms with van der Waals surface area (Å²) in [4.78, 5) is 14.0. The van der Waals surface area contributed by atoms with Gasteiger partial charge in [-0.05, 0) is 25.7 Å². The van der Waals surface area contributed by atoms with Gasteiger partial charge in [-0.15, -0.1) is 0 Å². The van der Waals surface area contributed by atoms with E-state index >= 15 is 0 Å². The minimum atomic E-state index is -0.0417. The summed E-state index contributed by atoms with van der Waals surface area (Å²) in [6.07, 6.45) is 3.78. The highest BCUT2D eigenvalue weighted by molar-refractivity contribution is 5.81. The van der Waals surface area contributed by atoms with Crippen LogP contribution in [0.2, 0.25) is 0 Å². The molecule has 1 N–H and O–H groups in total. The van der Waals surface area contributed by atoms with Crippen molar-refractivity contribution in [1.82, 2.24) is 10.2 Å². The molecule has 1 amide bonds. The smallest absolute Gasteiger partial charge is 0.239 e. The molecule has 98 valence electrons. The van der Waals surface area contributed by atoms with E-state index in [2.05, 4.69) is 12.2 Å². The average Bonchev–Trinajstić information content (AvgIpc) is 3.08. The lowest BCUT2D eigenvalue weighted by molar-refractivity contribution is -0.137. The predicted molar refractivity (Wildman–Crippen MR) is 66.8 cm³/mol. The number of hydrogen-bond acceptors (Lipinski definition) is 3. The van der Waals surface area contributed by atoms with Crippen LogP contribution >= 0.6 is 0 Å². The SMILES string of the molecule is CCCC1CC1NC(C)C(=O)N1CCOCC1. The number of nitrogens with one attached hydrogen (secondary N) is 1. The van der Waals surface area contributed by atoms with E-state index in [-0.39, 0.29) is 11.9 Å². The fourth-order valence-corrected chi connectivity index (χ4v) is 2.59. The average molecular weight is 240 g/mol. The van der Waals surface area contributed by atoms with Crippen LogP contribution in [0.25, 0.3) is 0 Å². The molecule has 4 heteroatoms. The summed E-state index contributed by atoms with van der Waals surface area (Å²) >= 11 is 0. The second-order valence-corrected chi connectivity index (χ2v) is 5.22. The molecule has 1 aliphatic heterocycles. The fourth-order valence-electron chi connectivity index (χ4n) is 2.59. The minimum Gasteiger partial charge on any atom is -0.378 e. The van der Waals surface area contributed by atoms with E-state index in [4.69, 9.17) is 4.74 Å². The number of carbonyl (C=O) groups excluding carboxylic acids is 1. The Labute approximate surface area is 104 Å². The molecule has 0 spiro atoms. The Morgan fingerprint density at radius 1 is 1.47 bits per heavy atom. The second kappa shape index (κ2) is 5.83. The van der Waals surface area contributed by atoms with Gasteiger partial charge in [0, 0.05) is 19.1 Å². The molecule has 2 rings (SSSR count).